The summed E-state index contributed by atoms with van der Waals surface area (Å²) in [6.07, 6.45) is 0.154. The Balaban J connectivity index is 1.97. The number of nitro groups is 1. The van der Waals surface area contributed by atoms with Gasteiger partial charge in [-0.3, -0.25) is 14.9 Å². The predicted molar refractivity (Wildman–Crippen MR) is 113 cm³/mol. The Hall–Kier alpha value is -3.67. The Bertz CT molecular complexity index is 1020. The third kappa shape index (κ3) is 4.99. The van der Waals surface area contributed by atoms with Crippen molar-refractivity contribution in [2.75, 3.05) is 12.4 Å². The number of aryl methyl sites for hydroxylation is 1. The van der Waals surface area contributed by atoms with Crippen molar-refractivity contribution in [1.82, 2.24) is 0 Å². The Morgan fingerprint density at radius 1 is 1.07 bits per heavy atom. The van der Waals surface area contributed by atoms with Crippen molar-refractivity contribution >= 4 is 17.2 Å². The van der Waals surface area contributed by atoms with Crippen molar-refractivity contribution in [3.8, 4) is 5.75 Å². The van der Waals surface area contributed by atoms with Crippen LogP contribution in [0.1, 0.15) is 33.9 Å². The van der Waals surface area contributed by atoms with E-state index in [1.54, 1.807) is 24.3 Å². The van der Waals surface area contributed by atoms with Gasteiger partial charge in [0.25, 0.3) is 0 Å². The monoisotopic (exact) mass is 390 g/mol. The summed E-state index contributed by atoms with van der Waals surface area (Å²) in [5.74, 6) is 0.136. The molecule has 1 atom stereocenters. The molecule has 6 nitrogen and oxygen atoms in total. The van der Waals surface area contributed by atoms with Crippen LogP contribution in [0.15, 0.2) is 72.8 Å². The zero-order chi connectivity index (χ0) is 20.8. The van der Waals surface area contributed by atoms with Gasteiger partial charge in [0.05, 0.1) is 18.1 Å². The number of rotatable bonds is 8. The molecule has 0 aliphatic heterocycles. The van der Waals surface area contributed by atoms with Gasteiger partial charge in [-0.05, 0) is 36.2 Å². The molecule has 0 heterocycles. The molecule has 6 heteroatoms. The molecular weight excluding hydrogens is 368 g/mol. The number of Topliss-reactive ketones (excluding diaryl/α,β-unsaturated/α-hetero) is 1. The average Bonchev–Trinajstić information content (AvgIpc) is 2.73. The van der Waals surface area contributed by atoms with Crippen molar-refractivity contribution < 1.29 is 14.5 Å². The van der Waals surface area contributed by atoms with Crippen molar-refractivity contribution in [3.63, 3.8) is 0 Å². The first-order valence-electron chi connectivity index (χ1n) is 9.21. The summed E-state index contributed by atoms with van der Waals surface area (Å²) in [5, 5.41) is 14.8. The minimum Gasteiger partial charge on any atom is -0.490 e. The third-order valence-electron chi connectivity index (χ3n) is 4.65. The summed E-state index contributed by atoms with van der Waals surface area (Å²) in [7, 11) is 1.39. The molecule has 0 bridgehead atoms. The first-order valence-corrected chi connectivity index (χ1v) is 9.21. The largest absolute Gasteiger partial charge is 0.490 e. The fraction of sp³-hybridized carbons (Fsp3) is 0.174. The van der Waals surface area contributed by atoms with Gasteiger partial charge < -0.3 is 10.1 Å². The number of anilines is 1. The number of nitrogens with one attached hydrogen (secondary N) is 1. The number of carbonyl (C=O) groups excluding carboxylic acids is 1. The molecule has 1 unspecified atom stereocenters. The maximum absolute atomic E-state index is 12.8. The Labute approximate surface area is 169 Å². The van der Waals surface area contributed by atoms with Crippen molar-refractivity contribution in [1.29, 1.82) is 0 Å². The van der Waals surface area contributed by atoms with Crippen LogP contribution in [-0.2, 0) is 0 Å². The normalized spacial score (nSPS) is 11.5. The summed E-state index contributed by atoms with van der Waals surface area (Å²) in [4.78, 5) is 23.8. The van der Waals surface area contributed by atoms with Gasteiger partial charge >= 0.3 is 5.69 Å². The topological polar surface area (TPSA) is 81.5 Å². The Morgan fingerprint density at radius 2 is 1.83 bits per heavy atom. The van der Waals surface area contributed by atoms with E-state index >= 15 is 0 Å². The Morgan fingerprint density at radius 3 is 2.48 bits per heavy atom. The molecule has 3 aromatic rings. The van der Waals surface area contributed by atoms with Gasteiger partial charge in [0.1, 0.15) is 0 Å². The number of ketones is 1. The zero-order valence-electron chi connectivity index (χ0n) is 16.3. The van der Waals surface area contributed by atoms with E-state index in [-0.39, 0.29) is 23.6 Å². The molecule has 29 heavy (non-hydrogen) atoms. The SMILES string of the molecule is COc1ccc(C(CC(=O)c2ccccc2)Nc2cccc(C)c2)cc1[N+](=O)[O-]. The molecular formula is C23H22N2O4. The highest BCUT2D eigenvalue weighted by molar-refractivity contribution is 5.96. The van der Waals surface area contributed by atoms with E-state index in [1.807, 2.05) is 49.4 Å². The van der Waals surface area contributed by atoms with Crippen molar-refractivity contribution in [3.05, 3.63) is 99.6 Å². The minimum absolute atomic E-state index is 0.0470. The maximum Gasteiger partial charge on any atom is 0.311 e. The smallest absolute Gasteiger partial charge is 0.311 e. The van der Waals surface area contributed by atoms with E-state index in [0.29, 0.717) is 11.1 Å². The fourth-order valence-corrected chi connectivity index (χ4v) is 3.18. The van der Waals surface area contributed by atoms with E-state index in [0.717, 1.165) is 11.3 Å². The maximum atomic E-state index is 12.8. The van der Waals surface area contributed by atoms with Gasteiger partial charge in [0.15, 0.2) is 11.5 Å². The summed E-state index contributed by atoms with van der Waals surface area (Å²) in [6.45, 7) is 1.98. The predicted octanol–water partition coefficient (Wildman–Crippen LogP) is 5.34. The van der Waals surface area contributed by atoms with Crippen LogP contribution in [0, 0.1) is 17.0 Å². The van der Waals surface area contributed by atoms with Crippen molar-refractivity contribution in [2.24, 2.45) is 0 Å². The van der Waals surface area contributed by atoms with Crippen LogP contribution < -0.4 is 10.1 Å². The van der Waals surface area contributed by atoms with Crippen molar-refractivity contribution in [2.45, 2.75) is 19.4 Å². The van der Waals surface area contributed by atoms with Crippen LogP contribution in [0.25, 0.3) is 0 Å². The number of hydrogen-bond acceptors (Lipinski definition) is 5. The summed E-state index contributed by atoms with van der Waals surface area (Å²) in [5.41, 5.74) is 3.03. The second-order valence-corrected chi connectivity index (χ2v) is 6.75. The van der Waals surface area contributed by atoms with Gasteiger partial charge in [-0.1, -0.05) is 48.5 Å². The quantitative estimate of drug-likeness (QED) is 0.319. The van der Waals surface area contributed by atoms with Crippen LogP contribution in [0.5, 0.6) is 5.75 Å². The third-order valence-corrected chi connectivity index (χ3v) is 4.65. The molecule has 148 valence electrons. The number of methoxy groups -OCH3 is 1. The van der Waals surface area contributed by atoms with Crippen LogP contribution in [0.3, 0.4) is 0 Å². The summed E-state index contributed by atoms with van der Waals surface area (Å²) in [6, 6.07) is 21.1. The number of carbonyl (C=O) groups is 1. The van der Waals surface area contributed by atoms with Crippen LogP contribution in [-0.4, -0.2) is 17.8 Å². The van der Waals surface area contributed by atoms with Gasteiger partial charge in [0, 0.05) is 23.7 Å². The molecule has 0 aliphatic carbocycles. The minimum atomic E-state index is -0.481. The van der Waals surface area contributed by atoms with E-state index in [9.17, 15) is 14.9 Å². The lowest BCUT2D eigenvalue weighted by Crippen LogP contribution is -2.16. The number of nitrogens with zero attached hydrogens (tertiary/aromatic N) is 1. The molecule has 0 aliphatic rings. The standard InChI is InChI=1S/C23H22N2O4/c1-16-7-6-10-19(13-16)24-20(15-22(26)17-8-4-3-5-9-17)18-11-12-23(29-2)21(14-18)25(27)28/h3-14,20,24H,15H2,1-2H3. The molecule has 0 radical (unpaired) electrons. The first-order chi connectivity index (χ1) is 14.0. The molecule has 3 rings (SSSR count). The van der Waals surface area contributed by atoms with Crippen LogP contribution in [0.2, 0.25) is 0 Å². The average molecular weight is 390 g/mol. The lowest BCUT2D eigenvalue weighted by Gasteiger charge is -2.21. The first kappa shape index (κ1) is 20.1. The fourth-order valence-electron chi connectivity index (χ4n) is 3.18. The second-order valence-electron chi connectivity index (χ2n) is 6.75. The highest BCUT2D eigenvalue weighted by Gasteiger charge is 2.22. The molecule has 0 amide bonds. The lowest BCUT2D eigenvalue weighted by atomic mass is 9.97. The molecule has 1 N–H and O–H groups in total. The zero-order valence-corrected chi connectivity index (χ0v) is 16.3. The number of benzene rings is 3. The summed E-state index contributed by atoms with van der Waals surface area (Å²) >= 11 is 0. The van der Waals surface area contributed by atoms with Gasteiger partial charge in [0.2, 0.25) is 0 Å². The number of hydrogen-bond donors (Lipinski definition) is 1. The molecule has 3 aromatic carbocycles. The molecule has 0 saturated carbocycles. The van der Waals surface area contributed by atoms with Crippen LogP contribution in [0.4, 0.5) is 11.4 Å². The summed E-state index contributed by atoms with van der Waals surface area (Å²) < 4.78 is 5.10. The highest BCUT2D eigenvalue weighted by atomic mass is 16.6. The van der Waals surface area contributed by atoms with E-state index in [4.69, 9.17) is 4.74 Å². The van der Waals surface area contributed by atoms with Gasteiger partial charge in [-0.15, -0.1) is 0 Å². The lowest BCUT2D eigenvalue weighted by molar-refractivity contribution is -0.385. The molecule has 0 fully saturated rings. The second kappa shape index (κ2) is 9.01. The molecule has 0 aromatic heterocycles. The molecule has 0 saturated heterocycles. The molecule has 0 spiro atoms. The van der Waals surface area contributed by atoms with Gasteiger partial charge in [-0.2, -0.15) is 0 Å². The Kier molecular flexibility index (Phi) is 6.24. The highest BCUT2D eigenvalue weighted by Crippen LogP contribution is 2.33. The van der Waals surface area contributed by atoms with E-state index < -0.39 is 11.0 Å². The number of nitro benzene ring substituents is 1. The van der Waals surface area contributed by atoms with Crippen LogP contribution >= 0.6 is 0 Å². The van der Waals surface area contributed by atoms with Gasteiger partial charge in [-0.25, -0.2) is 0 Å². The van der Waals surface area contributed by atoms with E-state index in [1.165, 1.54) is 13.2 Å². The van der Waals surface area contributed by atoms with E-state index in [2.05, 4.69) is 5.32 Å². The number of ether oxygens (including phenoxy) is 1.